The average Bonchev–Trinajstić information content (AvgIpc) is 2.91. The van der Waals surface area contributed by atoms with Crippen molar-refractivity contribution in [1.82, 2.24) is 20.3 Å². The summed E-state index contributed by atoms with van der Waals surface area (Å²) < 4.78 is 5.20. The second kappa shape index (κ2) is 6.17. The van der Waals surface area contributed by atoms with Crippen molar-refractivity contribution in [3.05, 3.63) is 41.1 Å². The van der Waals surface area contributed by atoms with Crippen LogP contribution in [0.4, 0.5) is 0 Å². The summed E-state index contributed by atoms with van der Waals surface area (Å²) in [6, 6.07) is 3.74. The number of nitrogens with zero attached hydrogens (tertiary/aromatic N) is 2. The van der Waals surface area contributed by atoms with Gasteiger partial charge >= 0.3 is 0 Å². The molecule has 0 bridgehead atoms. The first-order chi connectivity index (χ1) is 10.7. The number of aromatic nitrogens is 3. The number of aryl methyl sites for hydroxylation is 2. The number of fused-ring (bicyclic) bond motifs is 1. The van der Waals surface area contributed by atoms with E-state index in [1.54, 1.807) is 13.3 Å². The largest absolute Gasteiger partial charge is 0.481 e. The highest BCUT2D eigenvalue weighted by Gasteiger charge is 2.26. The highest BCUT2D eigenvalue weighted by atomic mass is 16.5. The first-order valence-corrected chi connectivity index (χ1v) is 7.47. The molecule has 0 unspecified atom stereocenters. The van der Waals surface area contributed by atoms with Gasteiger partial charge in [0.2, 0.25) is 11.8 Å². The van der Waals surface area contributed by atoms with Crippen LogP contribution in [0.5, 0.6) is 5.88 Å². The number of nitrogens with one attached hydrogen (secondary N) is 2. The van der Waals surface area contributed by atoms with E-state index in [2.05, 4.69) is 20.3 Å². The third-order valence-corrected chi connectivity index (χ3v) is 4.03. The molecule has 1 aliphatic rings. The highest BCUT2D eigenvalue weighted by Crippen LogP contribution is 2.24. The van der Waals surface area contributed by atoms with E-state index in [9.17, 15) is 4.79 Å². The summed E-state index contributed by atoms with van der Waals surface area (Å²) in [4.78, 5) is 24.2. The second-order valence-electron chi connectivity index (χ2n) is 5.58. The van der Waals surface area contributed by atoms with Crippen molar-refractivity contribution < 1.29 is 9.53 Å². The van der Waals surface area contributed by atoms with Gasteiger partial charge in [-0.25, -0.2) is 9.97 Å². The van der Waals surface area contributed by atoms with Crippen LogP contribution < -0.4 is 10.1 Å². The Labute approximate surface area is 129 Å². The SMILES string of the molecule is COc1ncccc1CNC(=O)[C@H]1CCc2nc(C)[nH]c2C1. The number of ether oxygens (including phenoxy) is 1. The Hall–Kier alpha value is -2.37. The van der Waals surface area contributed by atoms with E-state index in [0.717, 1.165) is 42.0 Å². The van der Waals surface area contributed by atoms with Crippen LogP contribution in [0, 0.1) is 12.8 Å². The minimum absolute atomic E-state index is 0.00461. The molecule has 2 N–H and O–H groups in total. The molecule has 22 heavy (non-hydrogen) atoms. The maximum Gasteiger partial charge on any atom is 0.223 e. The van der Waals surface area contributed by atoms with Gasteiger partial charge in [-0.05, 0) is 25.8 Å². The third-order valence-electron chi connectivity index (χ3n) is 4.03. The van der Waals surface area contributed by atoms with E-state index in [4.69, 9.17) is 4.74 Å². The molecule has 0 aromatic carbocycles. The lowest BCUT2D eigenvalue weighted by Gasteiger charge is -2.20. The number of H-pyrrole nitrogens is 1. The van der Waals surface area contributed by atoms with Crippen LogP contribution in [0.15, 0.2) is 18.3 Å². The van der Waals surface area contributed by atoms with Gasteiger partial charge < -0.3 is 15.0 Å². The Kier molecular flexibility index (Phi) is 4.09. The lowest BCUT2D eigenvalue weighted by Crippen LogP contribution is -2.33. The maximum atomic E-state index is 12.4. The smallest absolute Gasteiger partial charge is 0.223 e. The van der Waals surface area contributed by atoms with Crippen molar-refractivity contribution in [2.24, 2.45) is 5.92 Å². The van der Waals surface area contributed by atoms with Gasteiger partial charge in [0.1, 0.15) is 5.82 Å². The Morgan fingerprint density at radius 1 is 1.55 bits per heavy atom. The average molecular weight is 300 g/mol. The third kappa shape index (κ3) is 2.95. The maximum absolute atomic E-state index is 12.4. The van der Waals surface area contributed by atoms with E-state index in [1.807, 2.05) is 19.1 Å². The van der Waals surface area contributed by atoms with Crippen molar-refractivity contribution in [3.8, 4) is 5.88 Å². The number of hydrogen-bond acceptors (Lipinski definition) is 4. The van der Waals surface area contributed by atoms with Gasteiger partial charge in [-0.2, -0.15) is 0 Å². The summed E-state index contributed by atoms with van der Waals surface area (Å²) in [6.45, 7) is 2.38. The van der Waals surface area contributed by atoms with E-state index in [-0.39, 0.29) is 11.8 Å². The van der Waals surface area contributed by atoms with Crippen molar-refractivity contribution in [3.63, 3.8) is 0 Å². The van der Waals surface area contributed by atoms with Crippen LogP contribution in [0.3, 0.4) is 0 Å². The number of carbonyl (C=O) groups excluding carboxylic acids is 1. The zero-order chi connectivity index (χ0) is 15.5. The van der Waals surface area contributed by atoms with Crippen LogP contribution in [0.25, 0.3) is 0 Å². The molecule has 116 valence electrons. The van der Waals surface area contributed by atoms with Crippen molar-refractivity contribution in [2.75, 3.05) is 7.11 Å². The summed E-state index contributed by atoms with van der Waals surface area (Å²) in [7, 11) is 1.58. The van der Waals surface area contributed by atoms with Crippen LogP contribution in [-0.4, -0.2) is 28.0 Å². The van der Waals surface area contributed by atoms with E-state index < -0.39 is 0 Å². The molecule has 2 heterocycles. The Balaban J connectivity index is 1.61. The fourth-order valence-corrected chi connectivity index (χ4v) is 2.92. The van der Waals surface area contributed by atoms with E-state index >= 15 is 0 Å². The number of methoxy groups -OCH3 is 1. The van der Waals surface area contributed by atoms with E-state index in [0.29, 0.717) is 12.4 Å². The molecule has 3 rings (SSSR count). The minimum atomic E-state index is -0.00461. The predicted octanol–water partition coefficient (Wildman–Crippen LogP) is 1.54. The van der Waals surface area contributed by atoms with Crippen LogP contribution in [0.2, 0.25) is 0 Å². The summed E-state index contributed by atoms with van der Waals surface area (Å²) >= 11 is 0. The lowest BCUT2D eigenvalue weighted by molar-refractivity contribution is -0.125. The number of pyridine rings is 1. The molecule has 0 saturated carbocycles. The van der Waals surface area contributed by atoms with Crippen LogP contribution >= 0.6 is 0 Å². The molecule has 1 aliphatic carbocycles. The Morgan fingerprint density at radius 3 is 3.23 bits per heavy atom. The van der Waals surface area contributed by atoms with Gasteiger partial charge in [0.25, 0.3) is 0 Å². The summed E-state index contributed by atoms with van der Waals surface area (Å²) in [5.74, 6) is 1.54. The number of aromatic amines is 1. The van der Waals surface area contributed by atoms with Gasteiger partial charge in [0, 0.05) is 36.3 Å². The summed E-state index contributed by atoms with van der Waals surface area (Å²) in [5.41, 5.74) is 3.09. The van der Waals surface area contributed by atoms with Crippen molar-refractivity contribution in [2.45, 2.75) is 32.7 Å². The Morgan fingerprint density at radius 2 is 2.41 bits per heavy atom. The van der Waals surface area contributed by atoms with Gasteiger partial charge in [-0.1, -0.05) is 6.07 Å². The fraction of sp³-hybridized carbons (Fsp3) is 0.438. The van der Waals surface area contributed by atoms with Gasteiger partial charge in [-0.3, -0.25) is 4.79 Å². The number of carbonyl (C=O) groups is 1. The standard InChI is InChI=1S/C16H20N4O2/c1-10-19-13-6-5-11(8-14(13)20-10)15(21)18-9-12-4-3-7-17-16(12)22-2/h3-4,7,11H,5-6,8-9H2,1-2H3,(H,18,21)(H,19,20)/t11-/m0/s1. The normalized spacial score (nSPS) is 16.9. The number of imidazole rings is 1. The summed E-state index contributed by atoms with van der Waals surface area (Å²) in [5, 5.41) is 2.99. The molecule has 0 radical (unpaired) electrons. The molecular weight excluding hydrogens is 280 g/mol. The number of hydrogen-bond donors (Lipinski definition) is 2. The van der Waals surface area contributed by atoms with Gasteiger partial charge in [-0.15, -0.1) is 0 Å². The van der Waals surface area contributed by atoms with E-state index in [1.165, 1.54) is 0 Å². The van der Waals surface area contributed by atoms with Crippen molar-refractivity contribution in [1.29, 1.82) is 0 Å². The monoisotopic (exact) mass is 300 g/mol. The fourth-order valence-electron chi connectivity index (χ4n) is 2.92. The number of amides is 1. The minimum Gasteiger partial charge on any atom is -0.481 e. The first kappa shape index (κ1) is 14.6. The van der Waals surface area contributed by atoms with Crippen LogP contribution in [0.1, 0.15) is 29.2 Å². The molecule has 0 saturated heterocycles. The van der Waals surface area contributed by atoms with Gasteiger partial charge in [0.05, 0.1) is 12.8 Å². The zero-order valence-electron chi connectivity index (χ0n) is 12.8. The van der Waals surface area contributed by atoms with Crippen molar-refractivity contribution >= 4 is 5.91 Å². The number of rotatable bonds is 4. The molecule has 6 nitrogen and oxygen atoms in total. The highest BCUT2D eigenvalue weighted by molar-refractivity contribution is 5.79. The molecule has 1 atom stereocenters. The molecule has 2 aromatic heterocycles. The lowest BCUT2D eigenvalue weighted by atomic mass is 9.89. The first-order valence-electron chi connectivity index (χ1n) is 7.47. The molecule has 0 aliphatic heterocycles. The van der Waals surface area contributed by atoms with Crippen LogP contribution in [-0.2, 0) is 24.2 Å². The summed E-state index contributed by atoms with van der Waals surface area (Å²) in [6.07, 6.45) is 4.10. The zero-order valence-corrected chi connectivity index (χ0v) is 12.8. The quantitative estimate of drug-likeness (QED) is 0.897. The van der Waals surface area contributed by atoms with Gasteiger partial charge in [0.15, 0.2) is 0 Å². The Bertz CT molecular complexity index is 681. The molecule has 6 heteroatoms. The molecule has 1 amide bonds. The molecular formula is C16H20N4O2. The molecule has 0 fully saturated rings. The topological polar surface area (TPSA) is 79.9 Å². The molecule has 0 spiro atoms. The predicted molar refractivity (Wildman–Crippen MR) is 81.5 cm³/mol. The second-order valence-corrected chi connectivity index (χ2v) is 5.58. The molecule has 2 aromatic rings.